The van der Waals surface area contributed by atoms with E-state index in [0.717, 1.165) is 5.02 Å². The Morgan fingerprint density at radius 1 is 0.750 bits per heavy atom. The molecule has 0 N–H and O–H groups in total. The maximum absolute atomic E-state index is 5.87. The highest BCUT2D eigenvalue weighted by atomic mass is 35.5. The van der Waals surface area contributed by atoms with Gasteiger partial charge in [-0.2, -0.15) is 0 Å². The van der Waals surface area contributed by atoms with Gasteiger partial charge < -0.3 is 0 Å². The van der Waals surface area contributed by atoms with Gasteiger partial charge in [-0.1, -0.05) is 54.1 Å². The van der Waals surface area contributed by atoms with Gasteiger partial charge in [0.15, 0.2) is 0 Å². The third-order valence-corrected chi connectivity index (χ3v) is 3.22. The van der Waals surface area contributed by atoms with Crippen molar-refractivity contribution >= 4 is 11.6 Å². The summed E-state index contributed by atoms with van der Waals surface area (Å²) < 4.78 is 0. The largest absolute Gasteiger partial charge is 0.0843 e. The lowest BCUT2D eigenvalue weighted by molar-refractivity contribution is 1.03. The quantitative estimate of drug-likeness (QED) is 0.716. The van der Waals surface area contributed by atoms with Gasteiger partial charge in [-0.05, 0) is 35.1 Å². The van der Waals surface area contributed by atoms with Gasteiger partial charge in [0, 0.05) is 11.4 Å². The fourth-order valence-corrected chi connectivity index (χ4v) is 2.17. The molecule has 0 aromatic heterocycles. The van der Waals surface area contributed by atoms with Crippen LogP contribution in [0.2, 0.25) is 5.02 Å². The Morgan fingerprint density at radius 3 is 1.94 bits per heavy atom. The second-order valence-electron chi connectivity index (χ2n) is 4.08. The van der Waals surface area contributed by atoms with E-state index in [1.807, 2.05) is 18.2 Å². The molecule has 0 saturated heterocycles. The van der Waals surface area contributed by atoms with Crippen LogP contribution in [-0.4, -0.2) is 0 Å². The van der Waals surface area contributed by atoms with E-state index in [-0.39, 0.29) is 0 Å². The summed E-state index contributed by atoms with van der Waals surface area (Å²) in [5.74, 6) is 0.905. The Morgan fingerprint density at radius 2 is 1.31 bits per heavy atom. The minimum Gasteiger partial charge on any atom is -0.0843 e. The lowest BCUT2D eigenvalue weighted by Gasteiger charge is -2.01. The number of hydrogen-bond donors (Lipinski definition) is 0. The summed E-state index contributed by atoms with van der Waals surface area (Å²) in [4.78, 5) is 0. The highest BCUT2D eigenvalue weighted by Gasteiger charge is 2.40. The van der Waals surface area contributed by atoms with Crippen LogP contribution in [0.25, 0.3) is 0 Å². The molecule has 0 spiro atoms. The molecule has 16 heavy (non-hydrogen) atoms. The predicted octanol–water partition coefficient (Wildman–Crippen LogP) is 4.30. The smallest absolute Gasteiger partial charge is 0.0406 e. The van der Waals surface area contributed by atoms with Crippen LogP contribution in [0.5, 0.6) is 0 Å². The molecule has 1 saturated carbocycles. The van der Waals surface area contributed by atoms with Crippen molar-refractivity contribution < 1.29 is 0 Å². The van der Waals surface area contributed by atoms with Crippen molar-refractivity contribution in [1.29, 1.82) is 0 Å². The number of rotatable bonds is 2. The molecule has 0 aliphatic heterocycles. The summed E-state index contributed by atoms with van der Waals surface area (Å²) in [5.41, 5.74) is 2.65. The zero-order valence-corrected chi connectivity index (χ0v) is 9.48. The maximum atomic E-state index is 5.87. The lowest BCUT2D eigenvalue weighted by Crippen LogP contribution is -1.83. The molecule has 0 heterocycles. The predicted molar refractivity (Wildman–Crippen MR) is 66.6 cm³/mol. The first-order valence-corrected chi connectivity index (χ1v) is 5.79. The van der Waals surface area contributed by atoms with Crippen LogP contribution in [0.15, 0.2) is 54.6 Å². The molecule has 0 nitrogen and oxygen atoms in total. The van der Waals surface area contributed by atoms with E-state index in [4.69, 9.17) is 11.6 Å². The first-order chi connectivity index (χ1) is 7.84. The van der Waals surface area contributed by atoms with E-state index >= 15 is 0 Å². The molecule has 2 aromatic carbocycles. The van der Waals surface area contributed by atoms with Crippen molar-refractivity contribution in [2.24, 2.45) is 0 Å². The molecule has 0 amide bonds. The second kappa shape index (κ2) is 3.95. The molecule has 78 valence electrons. The summed E-state index contributed by atoms with van der Waals surface area (Å²) in [5, 5.41) is 0.792. The molecule has 1 aliphatic carbocycles. The summed E-state index contributed by atoms with van der Waals surface area (Å²) in [6.07, 6.45) is 3.48. The fraction of sp³-hybridized carbons (Fsp3) is 0.133. The lowest BCUT2D eigenvalue weighted by atomic mass is 10.0. The Kier molecular flexibility index (Phi) is 2.45. The molecule has 1 heteroatoms. The van der Waals surface area contributed by atoms with Crippen molar-refractivity contribution in [3.8, 4) is 0 Å². The second-order valence-corrected chi connectivity index (χ2v) is 4.52. The average molecular weight is 227 g/mol. The van der Waals surface area contributed by atoms with Crippen LogP contribution in [0.3, 0.4) is 0 Å². The third kappa shape index (κ3) is 1.85. The van der Waals surface area contributed by atoms with Gasteiger partial charge in [-0.25, -0.2) is 0 Å². The van der Waals surface area contributed by atoms with E-state index in [1.165, 1.54) is 11.1 Å². The molecule has 0 unspecified atom stereocenters. The van der Waals surface area contributed by atoms with E-state index < -0.39 is 0 Å². The highest BCUT2D eigenvalue weighted by Crippen LogP contribution is 2.53. The van der Waals surface area contributed by atoms with Crippen LogP contribution in [0, 0.1) is 6.42 Å². The molecule has 2 aromatic rings. The van der Waals surface area contributed by atoms with Crippen LogP contribution >= 0.6 is 11.6 Å². The molecule has 1 fully saturated rings. The summed E-state index contributed by atoms with van der Waals surface area (Å²) in [6, 6.07) is 18.6. The van der Waals surface area contributed by atoms with Gasteiger partial charge in [-0.3, -0.25) is 0 Å². The topological polar surface area (TPSA) is 0 Å². The van der Waals surface area contributed by atoms with E-state index in [2.05, 4.69) is 42.8 Å². The molecule has 3 rings (SSSR count). The SMILES string of the molecule is Clc1ccc([C@@H]2[C][C@H]2c2ccccc2)cc1. The standard InChI is InChI=1S/C15H11Cl/c16-13-8-6-12(7-9-13)15-10-14(15)11-4-2-1-3-5-11/h1-9,14-15H/t14-,15-/m0/s1. The van der Waals surface area contributed by atoms with Crippen molar-refractivity contribution in [3.63, 3.8) is 0 Å². The molecule has 2 radical (unpaired) electrons. The molecular formula is C15H11Cl. The van der Waals surface area contributed by atoms with Crippen molar-refractivity contribution in [1.82, 2.24) is 0 Å². The van der Waals surface area contributed by atoms with Crippen LogP contribution < -0.4 is 0 Å². The van der Waals surface area contributed by atoms with Gasteiger partial charge >= 0.3 is 0 Å². The Balaban J connectivity index is 1.79. The molecule has 0 bridgehead atoms. The average Bonchev–Trinajstić information content (AvgIpc) is 3.11. The summed E-state index contributed by atoms with van der Waals surface area (Å²) >= 11 is 5.87. The minimum atomic E-state index is 0.444. The maximum Gasteiger partial charge on any atom is 0.0406 e. The van der Waals surface area contributed by atoms with Crippen LogP contribution in [0.1, 0.15) is 23.0 Å². The van der Waals surface area contributed by atoms with Crippen LogP contribution in [0.4, 0.5) is 0 Å². The first-order valence-electron chi connectivity index (χ1n) is 5.41. The zero-order valence-electron chi connectivity index (χ0n) is 8.73. The molecule has 1 aliphatic rings. The van der Waals surface area contributed by atoms with Gasteiger partial charge in [0.25, 0.3) is 0 Å². The number of benzene rings is 2. The van der Waals surface area contributed by atoms with Crippen molar-refractivity contribution in [2.45, 2.75) is 11.8 Å². The Bertz CT molecular complexity index is 473. The van der Waals surface area contributed by atoms with Crippen molar-refractivity contribution in [3.05, 3.63) is 77.2 Å². The molecule has 2 atom stereocenters. The first kappa shape index (κ1) is 9.92. The van der Waals surface area contributed by atoms with Gasteiger partial charge in [-0.15, -0.1) is 0 Å². The van der Waals surface area contributed by atoms with Gasteiger partial charge in [0.2, 0.25) is 0 Å². The fourth-order valence-electron chi connectivity index (χ4n) is 2.05. The summed E-state index contributed by atoms with van der Waals surface area (Å²) in [7, 11) is 0. The minimum absolute atomic E-state index is 0.444. The number of hydrogen-bond acceptors (Lipinski definition) is 0. The highest BCUT2D eigenvalue weighted by molar-refractivity contribution is 6.30. The van der Waals surface area contributed by atoms with Gasteiger partial charge in [0.1, 0.15) is 0 Å². The zero-order chi connectivity index (χ0) is 11.0. The van der Waals surface area contributed by atoms with Crippen LogP contribution in [-0.2, 0) is 0 Å². The van der Waals surface area contributed by atoms with E-state index in [1.54, 1.807) is 0 Å². The molecular weight excluding hydrogens is 216 g/mol. The Hall–Kier alpha value is -1.27. The number of halogens is 1. The Labute approximate surface area is 101 Å². The monoisotopic (exact) mass is 226 g/mol. The normalized spacial score (nSPS) is 23.1. The van der Waals surface area contributed by atoms with E-state index in [9.17, 15) is 0 Å². The van der Waals surface area contributed by atoms with Crippen molar-refractivity contribution in [2.75, 3.05) is 0 Å². The third-order valence-electron chi connectivity index (χ3n) is 2.97. The summed E-state index contributed by atoms with van der Waals surface area (Å²) in [6.45, 7) is 0. The van der Waals surface area contributed by atoms with E-state index in [0.29, 0.717) is 11.8 Å². The van der Waals surface area contributed by atoms with Gasteiger partial charge in [0.05, 0.1) is 0 Å².